The minimum atomic E-state index is -3.30. The smallest absolute Gasteiger partial charge is 0.251 e. The number of anilines is 2. The predicted molar refractivity (Wildman–Crippen MR) is 149 cm³/mol. The molecule has 0 unspecified atom stereocenters. The molecule has 0 spiro atoms. The quantitative estimate of drug-likeness (QED) is 0.253. The lowest BCUT2D eigenvalue weighted by atomic mass is 10.0. The summed E-state index contributed by atoms with van der Waals surface area (Å²) in [6, 6.07) is 10.9. The summed E-state index contributed by atoms with van der Waals surface area (Å²) < 4.78 is 34.0. The van der Waals surface area contributed by atoms with Crippen LogP contribution in [0.15, 0.2) is 59.0 Å². The molecule has 1 amide bonds. The monoisotopic (exact) mass is 522 g/mol. The SMILES string of the molecule is C#C.CNc1nc(-c2cccc(NC(=O)/C(C)=C/C=C(\C)S(C)(=O)=O)c2)c2cc(OC)c(OC)cc2n1. The summed E-state index contributed by atoms with van der Waals surface area (Å²) in [5.74, 6) is 1.18. The van der Waals surface area contributed by atoms with Crippen molar-refractivity contribution in [3.05, 3.63) is 59.0 Å². The maximum absolute atomic E-state index is 12.7. The summed E-state index contributed by atoms with van der Waals surface area (Å²) in [7, 11) is 1.55. The second-order valence-electron chi connectivity index (χ2n) is 7.80. The van der Waals surface area contributed by atoms with Crippen LogP contribution >= 0.6 is 0 Å². The number of allylic oxidation sites excluding steroid dienone is 3. The van der Waals surface area contributed by atoms with Crippen molar-refractivity contribution in [1.29, 1.82) is 0 Å². The standard InChI is InChI=1S/C25H28N4O5S.C2H2/c1-15(10-11-16(2)35(6,31)32)24(30)27-18-9-7-8-17(12-18)23-19-13-21(33-4)22(34-5)14-20(19)28-25(26-3)29-23;1-2/h7-14H,1-6H3,(H,27,30)(H,26,28,29);1-2H/b15-10+,16-11+;. The van der Waals surface area contributed by atoms with Crippen LogP contribution in [0.2, 0.25) is 0 Å². The van der Waals surface area contributed by atoms with E-state index in [-0.39, 0.29) is 10.8 Å². The van der Waals surface area contributed by atoms with E-state index in [1.165, 1.54) is 19.1 Å². The van der Waals surface area contributed by atoms with Gasteiger partial charge >= 0.3 is 0 Å². The number of nitrogens with zero attached hydrogens (tertiary/aromatic N) is 2. The number of fused-ring (bicyclic) bond motifs is 1. The number of carbonyl (C=O) groups excluding carboxylic acids is 1. The number of methoxy groups -OCH3 is 2. The molecular formula is C27H30N4O5S. The van der Waals surface area contributed by atoms with Crippen LogP contribution in [0.25, 0.3) is 22.2 Å². The highest BCUT2D eigenvalue weighted by molar-refractivity contribution is 7.94. The largest absolute Gasteiger partial charge is 0.493 e. The summed E-state index contributed by atoms with van der Waals surface area (Å²) in [5, 5.41) is 6.57. The Kier molecular flexibility index (Phi) is 9.80. The van der Waals surface area contributed by atoms with Crippen LogP contribution < -0.4 is 20.1 Å². The molecular weight excluding hydrogens is 492 g/mol. The molecule has 37 heavy (non-hydrogen) atoms. The molecule has 0 aliphatic heterocycles. The van der Waals surface area contributed by atoms with Gasteiger partial charge in [-0.2, -0.15) is 0 Å². The first-order valence-electron chi connectivity index (χ1n) is 11.0. The number of carbonyl (C=O) groups is 1. The third kappa shape index (κ3) is 7.08. The number of ether oxygens (including phenoxy) is 2. The van der Waals surface area contributed by atoms with Gasteiger partial charge in [-0.15, -0.1) is 12.8 Å². The molecule has 0 saturated carbocycles. The van der Waals surface area contributed by atoms with Crippen molar-refractivity contribution in [3.63, 3.8) is 0 Å². The number of nitrogens with one attached hydrogen (secondary N) is 2. The Morgan fingerprint density at radius 1 is 1.00 bits per heavy atom. The maximum Gasteiger partial charge on any atom is 0.251 e. The Morgan fingerprint density at radius 3 is 2.24 bits per heavy atom. The van der Waals surface area contributed by atoms with Crippen molar-refractivity contribution in [2.45, 2.75) is 13.8 Å². The van der Waals surface area contributed by atoms with Gasteiger partial charge in [0.25, 0.3) is 5.91 Å². The van der Waals surface area contributed by atoms with Crippen LogP contribution in [-0.2, 0) is 14.6 Å². The van der Waals surface area contributed by atoms with Crippen LogP contribution in [0.3, 0.4) is 0 Å². The maximum atomic E-state index is 12.7. The Morgan fingerprint density at radius 2 is 1.65 bits per heavy atom. The zero-order valence-corrected chi connectivity index (χ0v) is 22.4. The van der Waals surface area contributed by atoms with E-state index < -0.39 is 9.84 Å². The van der Waals surface area contributed by atoms with Gasteiger partial charge in [-0.1, -0.05) is 18.2 Å². The van der Waals surface area contributed by atoms with Gasteiger partial charge in [0.15, 0.2) is 21.3 Å². The van der Waals surface area contributed by atoms with Crippen molar-refractivity contribution in [1.82, 2.24) is 9.97 Å². The first kappa shape index (κ1) is 28.9. The molecule has 0 aliphatic rings. The highest BCUT2D eigenvalue weighted by atomic mass is 32.2. The Labute approximate surface area is 217 Å². The van der Waals surface area contributed by atoms with E-state index in [1.807, 2.05) is 18.2 Å². The van der Waals surface area contributed by atoms with Crippen LogP contribution in [-0.4, -0.2) is 51.8 Å². The van der Waals surface area contributed by atoms with Gasteiger partial charge < -0.3 is 20.1 Å². The van der Waals surface area contributed by atoms with Crippen molar-refractivity contribution in [3.8, 4) is 35.6 Å². The lowest BCUT2D eigenvalue weighted by molar-refractivity contribution is -0.112. The number of aromatic nitrogens is 2. The highest BCUT2D eigenvalue weighted by Crippen LogP contribution is 2.36. The van der Waals surface area contributed by atoms with Gasteiger partial charge in [0.1, 0.15) is 0 Å². The topological polar surface area (TPSA) is 120 Å². The van der Waals surface area contributed by atoms with Crippen LogP contribution in [0.4, 0.5) is 11.6 Å². The molecule has 0 radical (unpaired) electrons. The van der Waals surface area contributed by atoms with Crippen molar-refractivity contribution in [2.24, 2.45) is 0 Å². The second kappa shape index (κ2) is 12.6. The zero-order chi connectivity index (χ0) is 27.8. The first-order valence-corrected chi connectivity index (χ1v) is 12.9. The fourth-order valence-corrected chi connectivity index (χ4v) is 3.52. The van der Waals surface area contributed by atoms with E-state index in [0.29, 0.717) is 39.9 Å². The van der Waals surface area contributed by atoms with Crippen LogP contribution in [0.1, 0.15) is 13.8 Å². The van der Waals surface area contributed by atoms with E-state index in [0.717, 1.165) is 17.2 Å². The lowest BCUT2D eigenvalue weighted by Crippen LogP contribution is -2.12. The Hall–Kier alpha value is -4.36. The number of rotatable bonds is 8. The zero-order valence-electron chi connectivity index (χ0n) is 21.6. The van der Waals surface area contributed by atoms with Gasteiger partial charge in [-0.05, 0) is 38.1 Å². The third-order valence-corrected chi connectivity index (χ3v) is 6.64. The minimum Gasteiger partial charge on any atom is -0.493 e. The number of hydrogen-bond acceptors (Lipinski definition) is 8. The number of terminal acetylenes is 1. The van der Waals surface area contributed by atoms with E-state index in [1.54, 1.807) is 46.4 Å². The van der Waals surface area contributed by atoms with E-state index in [2.05, 4.69) is 33.4 Å². The minimum absolute atomic E-state index is 0.176. The summed E-state index contributed by atoms with van der Waals surface area (Å²) in [6.45, 7) is 3.10. The van der Waals surface area contributed by atoms with Gasteiger partial charge in [-0.3, -0.25) is 4.79 Å². The van der Waals surface area contributed by atoms with Crippen molar-refractivity contribution < 1.29 is 22.7 Å². The van der Waals surface area contributed by atoms with E-state index in [9.17, 15) is 13.2 Å². The molecule has 0 bridgehead atoms. The molecule has 0 aliphatic carbocycles. The number of amides is 1. The molecule has 10 heteroatoms. The lowest BCUT2D eigenvalue weighted by Gasteiger charge is -2.13. The summed E-state index contributed by atoms with van der Waals surface area (Å²) in [5.41, 5.74) is 2.99. The van der Waals surface area contributed by atoms with Crippen molar-refractivity contribution >= 4 is 38.3 Å². The normalized spacial score (nSPS) is 11.8. The average molecular weight is 523 g/mol. The van der Waals surface area contributed by atoms with Gasteiger partial charge in [0.05, 0.1) is 25.4 Å². The highest BCUT2D eigenvalue weighted by Gasteiger charge is 2.15. The Balaban J connectivity index is 0.00000235. The van der Waals surface area contributed by atoms with Crippen LogP contribution in [0, 0.1) is 12.8 Å². The summed E-state index contributed by atoms with van der Waals surface area (Å²) >= 11 is 0. The second-order valence-corrected chi connectivity index (χ2v) is 9.99. The Bertz CT molecular complexity index is 1490. The number of sulfone groups is 1. The summed E-state index contributed by atoms with van der Waals surface area (Å²) in [6.07, 6.45) is 12.0. The molecule has 3 rings (SSSR count). The number of hydrogen-bond donors (Lipinski definition) is 2. The fraction of sp³-hybridized carbons (Fsp3) is 0.222. The van der Waals surface area contributed by atoms with Gasteiger partial charge in [0.2, 0.25) is 5.95 Å². The molecule has 0 fully saturated rings. The third-order valence-electron chi connectivity index (χ3n) is 5.33. The molecule has 9 nitrogen and oxygen atoms in total. The summed E-state index contributed by atoms with van der Waals surface area (Å²) in [4.78, 5) is 22.0. The first-order chi connectivity index (χ1) is 17.6. The van der Waals surface area contributed by atoms with E-state index >= 15 is 0 Å². The number of benzene rings is 2. The van der Waals surface area contributed by atoms with Crippen LogP contribution in [0.5, 0.6) is 11.5 Å². The molecule has 0 atom stereocenters. The molecule has 0 saturated heterocycles. The van der Waals surface area contributed by atoms with Gasteiger partial charge in [-0.25, -0.2) is 18.4 Å². The predicted octanol–water partition coefficient (Wildman–Crippen LogP) is 4.44. The average Bonchev–Trinajstić information content (AvgIpc) is 2.90. The molecule has 2 N–H and O–H groups in total. The van der Waals surface area contributed by atoms with Crippen molar-refractivity contribution in [2.75, 3.05) is 38.2 Å². The van der Waals surface area contributed by atoms with E-state index in [4.69, 9.17) is 9.47 Å². The molecule has 1 aromatic heterocycles. The molecule has 2 aromatic carbocycles. The molecule has 194 valence electrons. The molecule has 3 aromatic rings. The fourth-order valence-electron chi connectivity index (χ4n) is 3.20. The molecule has 1 heterocycles. The van der Waals surface area contributed by atoms with Gasteiger partial charge in [0, 0.05) is 46.5 Å².